The van der Waals surface area contributed by atoms with Crippen LogP contribution in [-0.4, -0.2) is 30.3 Å². The van der Waals surface area contributed by atoms with Crippen LogP contribution in [0.3, 0.4) is 0 Å². The van der Waals surface area contributed by atoms with E-state index in [2.05, 4.69) is 20.8 Å². The third-order valence-corrected chi connectivity index (χ3v) is 5.02. The largest absolute Gasteiger partial charge is 0.297 e. The van der Waals surface area contributed by atoms with Crippen molar-refractivity contribution in [2.24, 2.45) is 0 Å². The van der Waals surface area contributed by atoms with E-state index in [9.17, 15) is 4.79 Å². The zero-order valence-electron chi connectivity index (χ0n) is 11.4. The van der Waals surface area contributed by atoms with E-state index in [1.807, 2.05) is 32.3 Å². The van der Waals surface area contributed by atoms with Gasteiger partial charge in [-0.1, -0.05) is 46.4 Å². The molecule has 0 amide bonds. The molecule has 1 aliphatic carbocycles. The Balaban J connectivity index is 2.20. The Bertz CT molecular complexity index is 481. The Labute approximate surface area is 128 Å². The lowest BCUT2D eigenvalue weighted by Crippen LogP contribution is -2.49. The molecule has 1 aromatic rings. The van der Waals surface area contributed by atoms with Crippen LogP contribution in [0.2, 0.25) is 5.02 Å². The quantitative estimate of drug-likeness (QED) is 0.820. The molecule has 0 spiro atoms. The maximum atomic E-state index is 12.7. The minimum atomic E-state index is -0.281. The van der Waals surface area contributed by atoms with Crippen LogP contribution >= 0.6 is 27.5 Å². The van der Waals surface area contributed by atoms with Crippen molar-refractivity contribution >= 4 is 33.3 Å². The standard InChI is InChI=1S/C15H19BrClNO/c1-18(2)15(7-3-4-8-15)14(19)9-11-5-6-12(16)10-13(11)17/h5-6,10H,3-4,7-9H2,1-2H3. The van der Waals surface area contributed by atoms with Crippen molar-refractivity contribution in [2.45, 2.75) is 37.6 Å². The van der Waals surface area contributed by atoms with Gasteiger partial charge < -0.3 is 0 Å². The van der Waals surface area contributed by atoms with Gasteiger partial charge >= 0.3 is 0 Å². The van der Waals surface area contributed by atoms with Crippen LogP contribution in [0, 0.1) is 0 Å². The van der Waals surface area contributed by atoms with Gasteiger partial charge in [0.1, 0.15) is 0 Å². The monoisotopic (exact) mass is 343 g/mol. The second-order valence-corrected chi connectivity index (χ2v) is 6.79. The molecule has 19 heavy (non-hydrogen) atoms. The van der Waals surface area contributed by atoms with Crippen molar-refractivity contribution in [3.05, 3.63) is 33.3 Å². The fraction of sp³-hybridized carbons (Fsp3) is 0.533. The fourth-order valence-electron chi connectivity index (χ4n) is 2.94. The van der Waals surface area contributed by atoms with Crippen LogP contribution in [0.15, 0.2) is 22.7 Å². The topological polar surface area (TPSA) is 20.3 Å². The first-order valence-corrected chi connectivity index (χ1v) is 7.77. The van der Waals surface area contributed by atoms with Crippen molar-refractivity contribution in [1.82, 2.24) is 4.90 Å². The van der Waals surface area contributed by atoms with Crippen molar-refractivity contribution < 1.29 is 4.79 Å². The highest BCUT2D eigenvalue weighted by Gasteiger charge is 2.42. The molecule has 0 aromatic heterocycles. The lowest BCUT2D eigenvalue weighted by atomic mass is 9.87. The highest BCUT2D eigenvalue weighted by atomic mass is 79.9. The summed E-state index contributed by atoms with van der Waals surface area (Å²) in [7, 11) is 4.01. The van der Waals surface area contributed by atoms with Crippen LogP contribution in [0.5, 0.6) is 0 Å². The van der Waals surface area contributed by atoms with E-state index in [1.165, 1.54) is 0 Å². The summed E-state index contributed by atoms with van der Waals surface area (Å²) in [4.78, 5) is 14.8. The predicted molar refractivity (Wildman–Crippen MR) is 82.7 cm³/mol. The third-order valence-electron chi connectivity index (χ3n) is 4.17. The molecule has 0 radical (unpaired) electrons. The number of halogens is 2. The lowest BCUT2D eigenvalue weighted by molar-refractivity contribution is -0.128. The van der Waals surface area contributed by atoms with Gasteiger partial charge in [-0.2, -0.15) is 0 Å². The molecular weight excluding hydrogens is 326 g/mol. The molecule has 0 unspecified atom stereocenters. The Hall–Kier alpha value is -0.380. The minimum Gasteiger partial charge on any atom is -0.297 e. The van der Waals surface area contributed by atoms with Crippen LogP contribution in [0.4, 0.5) is 0 Å². The third kappa shape index (κ3) is 3.04. The van der Waals surface area contributed by atoms with E-state index in [-0.39, 0.29) is 5.54 Å². The number of carbonyl (C=O) groups is 1. The number of ketones is 1. The summed E-state index contributed by atoms with van der Waals surface area (Å²) < 4.78 is 0.942. The highest BCUT2D eigenvalue weighted by Crippen LogP contribution is 2.36. The molecule has 4 heteroatoms. The van der Waals surface area contributed by atoms with Crippen LogP contribution in [0.1, 0.15) is 31.2 Å². The number of benzene rings is 1. The average Bonchev–Trinajstić information content (AvgIpc) is 2.83. The van der Waals surface area contributed by atoms with Crippen molar-refractivity contribution in [3.8, 4) is 0 Å². The van der Waals surface area contributed by atoms with Gasteiger partial charge in [0.25, 0.3) is 0 Å². The molecule has 0 saturated heterocycles. The van der Waals surface area contributed by atoms with Crippen molar-refractivity contribution in [2.75, 3.05) is 14.1 Å². The van der Waals surface area contributed by atoms with Gasteiger partial charge in [0.2, 0.25) is 0 Å². The Morgan fingerprint density at radius 1 is 1.37 bits per heavy atom. The Morgan fingerprint density at radius 2 is 2.00 bits per heavy atom. The molecule has 1 aromatic carbocycles. The Morgan fingerprint density at radius 3 is 2.53 bits per heavy atom. The molecule has 0 bridgehead atoms. The van der Waals surface area contributed by atoms with E-state index in [4.69, 9.17) is 11.6 Å². The SMILES string of the molecule is CN(C)C1(C(=O)Cc2ccc(Br)cc2Cl)CCCC1. The van der Waals surface area contributed by atoms with Gasteiger partial charge in [-0.05, 0) is 44.6 Å². The first kappa shape index (κ1) is 15.0. The summed E-state index contributed by atoms with van der Waals surface area (Å²) in [6.07, 6.45) is 4.63. The van der Waals surface area contributed by atoms with Crippen molar-refractivity contribution in [3.63, 3.8) is 0 Å². The Kier molecular flexibility index (Phi) is 4.70. The maximum absolute atomic E-state index is 12.7. The molecule has 1 fully saturated rings. The van der Waals surface area contributed by atoms with E-state index in [0.717, 1.165) is 35.7 Å². The molecule has 1 saturated carbocycles. The van der Waals surface area contributed by atoms with E-state index in [1.54, 1.807) is 0 Å². The second-order valence-electron chi connectivity index (χ2n) is 5.47. The molecular formula is C15H19BrClNO. The van der Waals surface area contributed by atoms with Gasteiger partial charge in [-0.15, -0.1) is 0 Å². The van der Waals surface area contributed by atoms with E-state index >= 15 is 0 Å². The van der Waals surface area contributed by atoms with Gasteiger partial charge in [0.05, 0.1) is 5.54 Å². The summed E-state index contributed by atoms with van der Waals surface area (Å²) in [5.41, 5.74) is 0.638. The van der Waals surface area contributed by atoms with E-state index < -0.39 is 0 Å². The molecule has 2 nitrogen and oxygen atoms in total. The molecule has 0 aliphatic heterocycles. The van der Waals surface area contributed by atoms with Crippen LogP contribution < -0.4 is 0 Å². The predicted octanol–water partition coefficient (Wildman–Crippen LogP) is 4.09. The van der Waals surface area contributed by atoms with Gasteiger partial charge in [-0.25, -0.2) is 0 Å². The summed E-state index contributed by atoms with van der Waals surface area (Å²) >= 11 is 9.59. The number of hydrogen-bond acceptors (Lipinski definition) is 2. The minimum absolute atomic E-state index is 0.281. The van der Waals surface area contributed by atoms with E-state index in [0.29, 0.717) is 17.2 Å². The molecule has 0 heterocycles. The van der Waals surface area contributed by atoms with Crippen LogP contribution in [-0.2, 0) is 11.2 Å². The molecule has 0 N–H and O–H groups in total. The first-order chi connectivity index (χ1) is 8.95. The summed E-state index contributed by atoms with van der Waals surface area (Å²) in [6, 6.07) is 5.72. The number of rotatable bonds is 4. The van der Waals surface area contributed by atoms with Gasteiger partial charge in [0.15, 0.2) is 5.78 Å². The fourth-order valence-corrected chi connectivity index (χ4v) is 3.68. The number of carbonyl (C=O) groups excluding carboxylic acids is 1. The second kappa shape index (κ2) is 5.94. The number of Topliss-reactive ketones (excluding diaryl/α,β-unsaturated/α-hetero) is 1. The average molecular weight is 345 g/mol. The summed E-state index contributed by atoms with van der Waals surface area (Å²) in [5, 5.41) is 0.662. The summed E-state index contributed by atoms with van der Waals surface area (Å²) in [5.74, 6) is 0.291. The lowest BCUT2D eigenvalue weighted by Gasteiger charge is -2.34. The smallest absolute Gasteiger partial charge is 0.157 e. The zero-order chi connectivity index (χ0) is 14.0. The number of hydrogen-bond donors (Lipinski definition) is 0. The molecule has 104 valence electrons. The van der Waals surface area contributed by atoms with Crippen LogP contribution in [0.25, 0.3) is 0 Å². The highest BCUT2D eigenvalue weighted by molar-refractivity contribution is 9.10. The maximum Gasteiger partial charge on any atom is 0.157 e. The van der Waals surface area contributed by atoms with Crippen molar-refractivity contribution in [1.29, 1.82) is 0 Å². The zero-order valence-corrected chi connectivity index (χ0v) is 13.7. The molecule has 0 atom stereocenters. The first-order valence-electron chi connectivity index (χ1n) is 6.60. The number of likely N-dealkylation sites (N-methyl/N-ethyl adjacent to an activating group) is 1. The normalized spacial score (nSPS) is 17.9. The number of nitrogens with zero attached hydrogens (tertiary/aromatic N) is 1. The molecule has 1 aliphatic rings. The van der Waals surface area contributed by atoms with Gasteiger partial charge in [0, 0.05) is 15.9 Å². The summed E-state index contributed by atoms with van der Waals surface area (Å²) in [6.45, 7) is 0. The molecule has 2 rings (SSSR count). The van der Waals surface area contributed by atoms with Gasteiger partial charge in [-0.3, -0.25) is 9.69 Å².